The molecule has 0 unspecified atom stereocenters. The van der Waals surface area contributed by atoms with Gasteiger partial charge in [0.05, 0.1) is 5.02 Å². The van der Waals surface area contributed by atoms with E-state index in [4.69, 9.17) is 11.6 Å². The molecular weight excluding hydrogens is 433 g/mol. The third-order valence-corrected chi connectivity index (χ3v) is 5.75. The summed E-state index contributed by atoms with van der Waals surface area (Å²) in [5, 5.41) is 0.0460. The quantitative estimate of drug-likeness (QED) is 0.667. The lowest BCUT2D eigenvalue weighted by atomic mass is 10.2. The van der Waals surface area contributed by atoms with Gasteiger partial charge in [0.25, 0.3) is 0 Å². The van der Waals surface area contributed by atoms with Crippen LogP contribution in [0, 0.1) is 0 Å². The summed E-state index contributed by atoms with van der Waals surface area (Å²) in [6.45, 7) is -0.334. The molecule has 0 aliphatic heterocycles. The second-order valence-corrected chi connectivity index (χ2v) is 8.13. The van der Waals surface area contributed by atoms with Crippen molar-refractivity contribution in [3.05, 3.63) is 59.1 Å². The highest BCUT2D eigenvalue weighted by Gasteiger charge is 2.32. The van der Waals surface area contributed by atoms with Crippen LogP contribution in [0.4, 0.5) is 13.2 Å². The number of halogens is 4. The highest BCUT2D eigenvalue weighted by atomic mass is 35.5. The van der Waals surface area contributed by atoms with Crippen LogP contribution in [0.25, 0.3) is 0 Å². The van der Waals surface area contributed by atoms with Crippen molar-refractivity contribution in [2.75, 3.05) is 13.6 Å². The maximum Gasteiger partial charge on any atom is 0.573 e. The van der Waals surface area contributed by atoms with Crippen LogP contribution < -0.4 is 9.46 Å². The Hall–Kier alpha value is -2.30. The van der Waals surface area contributed by atoms with Gasteiger partial charge in [-0.2, -0.15) is 0 Å². The SMILES string of the molecule is CN(Cc1ccccc1OC(F)(F)F)C(=O)CCNS(=O)(=O)c1ccccc1Cl. The number of hydrogen-bond donors (Lipinski definition) is 1. The number of amides is 1. The molecule has 29 heavy (non-hydrogen) atoms. The lowest BCUT2D eigenvalue weighted by Crippen LogP contribution is -2.32. The maximum absolute atomic E-state index is 12.5. The normalized spacial score (nSPS) is 11.9. The van der Waals surface area contributed by atoms with E-state index in [0.29, 0.717) is 0 Å². The molecule has 0 heterocycles. The summed E-state index contributed by atoms with van der Waals surface area (Å²) in [5.74, 6) is -0.868. The van der Waals surface area contributed by atoms with E-state index in [1.807, 2.05) is 0 Å². The number of benzene rings is 2. The molecule has 2 aromatic rings. The van der Waals surface area contributed by atoms with Crippen molar-refractivity contribution >= 4 is 27.5 Å². The number of sulfonamides is 1. The van der Waals surface area contributed by atoms with Gasteiger partial charge < -0.3 is 9.64 Å². The lowest BCUT2D eigenvalue weighted by molar-refractivity contribution is -0.275. The van der Waals surface area contributed by atoms with E-state index in [9.17, 15) is 26.4 Å². The zero-order valence-corrected chi connectivity index (χ0v) is 16.8. The number of para-hydroxylation sites is 1. The fourth-order valence-corrected chi connectivity index (χ4v) is 3.98. The summed E-state index contributed by atoms with van der Waals surface area (Å²) in [4.78, 5) is 13.3. The van der Waals surface area contributed by atoms with Gasteiger partial charge in [-0.3, -0.25) is 4.79 Å². The van der Waals surface area contributed by atoms with Gasteiger partial charge >= 0.3 is 6.36 Å². The molecule has 2 rings (SSSR count). The number of carbonyl (C=O) groups excluding carboxylic acids is 1. The van der Waals surface area contributed by atoms with Gasteiger partial charge in [-0.25, -0.2) is 13.1 Å². The number of alkyl halides is 3. The maximum atomic E-state index is 12.5. The van der Waals surface area contributed by atoms with Crippen LogP contribution in [0.1, 0.15) is 12.0 Å². The number of nitrogens with one attached hydrogen (secondary N) is 1. The first-order valence-electron chi connectivity index (χ1n) is 8.31. The first-order chi connectivity index (χ1) is 13.5. The monoisotopic (exact) mass is 450 g/mol. The molecule has 0 atom stereocenters. The highest BCUT2D eigenvalue weighted by molar-refractivity contribution is 7.89. The Balaban J connectivity index is 1.95. The predicted molar refractivity (Wildman–Crippen MR) is 101 cm³/mol. The van der Waals surface area contributed by atoms with E-state index in [-0.39, 0.29) is 35.0 Å². The lowest BCUT2D eigenvalue weighted by Gasteiger charge is -2.20. The summed E-state index contributed by atoms with van der Waals surface area (Å²) in [5.41, 5.74) is 0.164. The van der Waals surface area contributed by atoms with Crippen LogP contribution in [0.15, 0.2) is 53.4 Å². The van der Waals surface area contributed by atoms with Crippen molar-refractivity contribution in [2.24, 2.45) is 0 Å². The van der Waals surface area contributed by atoms with Crippen molar-refractivity contribution < 1.29 is 31.1 Å². The van der Waals surface area contributed by atoms with Crippen molar-refractivity contribution in [3.63, 3.8) is 0 Å². The molecule has 0 aliphatic carbocycles. The minimum atomic E-state index is -4.85. The minimum Gasteiger partial charge on any atom is -0.405 e. The van der Waals surface area contributed by atoms with E-state index < -0.39 is 28.0 Å². The van der Waals surface area contributed by atoms with Crippen LogP contribution in [-0.2, 0) is 21.4 Å². The largest absolute Gasteiger partial charge is 0.573 e. The molecule has 0 aromatic heterocycles. The first-order valence-corrected chi connectivity index (χ1v) is 10.2. The second kappa shape index (κ2) is 9.47. The van der Waals surface area contributed by atoms with Crippen LogP contribution in [0.2, 0.25) is 5.02 Å². The molecule has 0 saturated carbocycles. The van der Waals surface area contributed by atoms with Crippen molar-refractivity contribution in [1.29, 1.82) is 0 Å². The summed E-state index contributed by atoms with van der Waals surface area (Å²) >= 11 is 5.87. The number of ether oxygens (including phenoxy) is 1. The van der Waals surface area contributed by atoms with Crippen molar-refractivity contribution in [1.82, 2.24) is 9.62 Å². The van der Waals surface area contributed by atoms with Crippen LogP contribution in [0.5, 0.6) is 5.75 Å². The topological polar surface area (TPSA) is 75.7 Å². The smallest absolute Gasteiger partial charge is 0.405 e. The molecule has 2 aromatic carbocycles. The van der Waals surface area contributed by atoms with E-state index >= 15 is 0 Å². The van der Waals surface area contributed by atoms with Crippen molar-refractivity contribution in [2.45, 2.75) is 24.2 Å². The molecule has 0 radical (unpaired) electrons. The Morgan fingerprint density at radius 2 is 1.76 bits per heavy atom. The van der Waals surface area contributed by atoms with Gasteiger partial charge in [-0.1, -0.05) is 41.9 Å². The van der Waals surface area contributed by atoms with Crippen molar-refractivity contribution in [3.8, 4) is 5.75 Å². The molecule has 0 saturated heterocycles. The summed E-state index contributed by atoms with van der Waals surface area (Å²) in [6.07, 6.45) is -5.04. The summed E-state index contributed by atoms with van der Waals surface area (Å²) < 4.78 is 68.2. The standard InChI is InChI=1S/C18H18ClF3N2O4S/c1-24(12-13-6-2-4-8-15(13)28-18(20,21)22)17(25)10-11-23-29(26,27)16-9-5-3-7-14(16)19/h2-9,23H,10-12H2,1H3. The molecule has 158 valence electrons. The molecule has 0 spiro atoms. The Labute approximate surface area is 171 Å². The Kier molecular flexibility index (Phi) is 7.50. The zero-order chi connectivity index (χ0) is 21.7. The average Bonchev–Trinajstić information content (AvgIpc) is 2.62. The van der Waals surface area contributed by atoms with Gasteiger partial charge in [0.15, 0.2) is 0 Å². The molecule has 0 aliphatic rings. The van der Waals surface area contributed by atoms with Crippen LogP contribution >= 0.6 is 11.6 Å². The fraction of sp³-hybridized carbons (Fsp3) is 0.278. The highest BCUT2D eigenvalue weighted by Crippen LogP contribution is 2.27. The summed E-state index contributed by atoms with van der Waals surface area (Å²) in [7, 11) is -2.50. The van der Waals surface area contributed by atoms with E-state index in [1.54, 1.807) is 6.07 Å². The first kappa shape index (κ1) is 23.0. The zero-order valence-electron chi connectivity index (χ0n) is 15.2. The van der Waals surface area contributed by atoms with Gasteiger partial charge in [0.2, 0.25) is 15.9 Å². The van der Waals surface area contributed by atoms with Gasteiger partial charge in [0.1, 0.15) is 10.6 Å². The minimum absolute atomic E-state index is 0.0460. The average molecular weight is 451 g/mol. The number of hydrogen-bond acceptors (Lipinski definition) is 4. The number of carbonyl (C=O) groups is 1. The number of nitrogens with zero attached hydrogens (tertiary/aromatic N) is 1. The predicted octanol–water partition coefficient (Wildman–Crippen LogP) is 3.57. The van der Waals surface area contributed by atoms with Gasteiger partial charge in [-0.15, -0.1) is 13.2 Å². The van der Waals surface area contributed by atoms with Gasteiger partial charge in [0, 0.05) is 32.1 Å². The third kappa shape index (κ3) is 6.91. The van der Waals surface area contributed by atoms with Crippen LogP contribution in [0.3, 0.4) is 0 Å². The van der Waals surface area contributed by atoms with Gasteiger partial charge in [-0.05, 0) is 18.2 Å². The third-order valence-electron chi connectivity index (χ3n) is 3.79. The number of rotatable bonds is 8. The van der Waals surface area contributed by atoms with E-state index in [2.05, 4.69) is 9.46 Å². The fourth-order valence-electron chi connectivity index (χ4n) is 2.43. The Morgan fingerprint density at radius 1 is 1.14 bits per heavy atom. The molecule has 1 N–H and O–H groups in total. The van der Waals surface area contributed by atoms with E-state index in [1.165, 1.54) is 48.3 Å². The molecule has 6 nitrogen and oxygen atoms in total. The molecule has 0 bridgehead atoms. The Bertz CT molecular complexity index is 968. The van der Waals surface area contributed by atoms with E-state index in [0.717, 1.165) is 6.07 Å². The molecule has 0 fully saturated rings. The summed E-state index contributed by atoms with van der Waals surface area (Å²) in [6, 6.07) is 11.3. The van der Waals surface area contributed by atoms with Crippen LogP contribution in [-0.4, -0.2) is 39.2 Å². The second-order valence-electron chi connectivity index (χ2n) is 5.98. The molecule has 1 amide bonds. The molecule has 11 heteroatoms. The molecular formula is C18H18ClF3N2O4S. The Morgan fingerprint density at radius 3 is 2.41 bits per heavy atom.